The standard InChI is InChI=1S/C21H26N4O4/c1-24(2)19(16-6-4-5-7-20(16)29-3)13-22-21(26)14-8-11-17(23-15-9-10-15)18(12-14)25(27)28/h4-8,11-12,15,19,23H,9-10,13H2,1-3H3,(H,22,26)/p+1/t19-/m1/s1. The Hall–Kier alpha value is -3.13. The first-order valence-corrected chi connectivity index (χ1v) is 9.66. The van der Waals surface area contributed by atoms with Crippen LogP contribution in [-0.4, -0.2) is 44.6 Å². The highest BCUT2D eigenvalue weighted by atomic mass is 16.6. The van der Waals surface area contributed by atoms with E-state index >= 15 is 0 Å². The third-order valence-electron chi connectivity index (χ3n) is 5.07. The number of nitrogens with zero attached hydrogens (tertiary/aromatic N) is 1. The predicted molar refractivity (Wildman–Crippen MR) is 111 cm³/mol. The number of carbonyl (C=O) groups is 1. The van der Waals surface area contributed by atoms with Gasteiger partial charge in [-0.15, -0.1) is 0 Å². The van der Waals surface area contributed by atoms with Crippen LogP contribution in [0.3, 0.4) is 0 Å². The molecule has 0 spiro atoms. The Labute approximate surface area is 170 Å². The number of hydrogen-bond acceptors (Lipinski definition) is 5. The molecule has 2 aromatic carbocycles. The van der Waals surface area contributed by atoms with Gasteiger partial charge in [0, 0.05) is 17.7 Å². The Morgan fingerprint density at radius 1 is 1.28 bits per heavy atom. The second kappa shape index (κ2) is 8.91. The molecule has 1 fully saturated rings. The SMILES string of the molecule is COc1ccccc1[C@@H](CNC(=O)c1ccc(NC2CC2)c([N+](=O)[O-])c1)[NH+](C)C. The molecule has 1 aliphatic carbocycles. The van der Waals surface area contributed by atoms with Crippen LogP contribution in [0.15, 0.2) is 42.5 Å². The molecular formula is C21H27N4O4+. The predicted octanol–water partition coefficient (Wildman–Crippen LogP) is 1.79. The van der Waals surface area contributed by atoms with E-state index in [-0.39, 0.29) is 29.2 Å². The molecule has 0 aromatic heterocycles. The molecule has 3 N–H and O–H groups in total. The van der Waals surface area contributed by atoms with Crippen LogP contribution in [0.25, 0.3) is 0 Å². The van der Waals surface area contributed by atoms with Crippen LogP contribution in [0.2, 0.25) is 0 Å². The van der Waals surface area contributed by atoms with Crippen LogP contribution in [0.1, 0.15) is 34.8 Å². The fourth-order valence-corrected chi connectivity index (χ4v) is 3.27. The summed E-state index contributed by atoms with van der Waals surface area (Å²) in [5.41, 5.74) is 1.64. The molecule has 154 valence electrons. The molecule has 8 nitrogen and oxygen atoms in total. The van der Waals surface area contributed by atoms with Crippen molar-refractivity contribution in [1.29, 1.82) is 0 Å². The number of para-hydroxylation sites is 1. The molecule has 2 aromatic rings. The Kier molecular flexibility index (Phi) is 6.33. The average molecular weight is 399 g/mol. The van der Waals surface area contributed by atoms with Crippen molar-refractivity contribution in [2.24, 2.45) is 0 Å². The summed E-state index contributed by atoms with van der Waals surface area (Å²) in [7, 11) is 5.63. The molecule has 1 atom stereocenters. The van der Waals surface area contributed by atoms with Crippen LogP contribution in [0.5, 0.6) is 5.75 Å². The van der Waals surface area contributed by atoms with Gasteiger partial charge in [0.1, 0.15) is 17.5 Å². The van der Waals surface area contributed by atoms with E-state index in [1.165, 1.54) is 6.07 Å². The van der Waals surface area contributed by atoms with Crippen LogP contribution in [0.4, 0.5) is 11.4 Å². The lowest BCUT2D eigenvalue weighted by molar-refractivity contribution is -0.890. The van der Waals surface area contributed by atoms with Gasteiger partial charge in [-0.2, -0.15) is 0 Å². The summed E-state index contributed by atoms with van der Waals surface area (Å²) in [6, 6.07) is 12.5. The smallest absolute Gasteiger partial charge is 0.293 e. The maximum Gasteiger partial charge on any atom is 0.293 e. The second-order valence-corrected chi connectivity index (χ2v) is 7.49. The number of methoxy groups -OCH3 is 1. The van der Waals surface area contributed by atoms with E-state index in [2.05, 4.69) is 10.6 Å². The lowest BCUT2D eigenvalue weighted by Gasteiger charge is -2.23. The van der Waals surface area contributed by atoms with Gasteiger partial charge in [-0.05, 0) is 37.1 Å². The number of ether oxygens (including phenoxy) is 1. The Morgan fingerprint density at radius 2 is 2.00 bits per heavy atom. The van der Waals surface area contributed by atoms with Crippen molar-refractivity contribution in [3.63, 3.8) is 0 Å². The van der Waals surface area contributed by atoms with Crippen molar-refractivity contribution >= 4 is 17.3 Å². The zero-order valence-corrected chi connectivity index (χ0v) is 16.9. The highest BCUT2D eigenvalue weighted by Crippen LogP contribution is 2.31. The zero-order chi connectivity index (χ0) is 21.0. The maximum absolute atomic E-state index is 12.7. The molecule has 3 rings (SSSR count). The van der Waals surface area contributed by atoms with Crippen molar-refractivity contribution in [3.8, 4) is 5.75 Å². The number of nitro groups is 1. The number of benzene rings is 2. The van der Waals surface area contributed by atoms with Gasteiger partial charge < -0.3 is 20.3 Å². The van der Waals surface area contributed by atoms with Crippen molar-refractivity contribution in [2.75, 3.05) is 33.1 Å². The minimum Gasteiger partial charge on any atom is -0.496 e. The summed E-state index contributed by atoms with van der Waals surface area (Å²) in [4.78, 5) is 24.8. The van der Waals surface area contributed by atoms with Crippen molar-refractivity contribution in [2.45, 2.75) is 24.9 Å². The molecule has 1 amide bonds. The first-order chi connectivity index (χ1) is 13.9. The summed E-state index contributed by atoms with van der Waals surface area (Å²) >= 11 is 0. The zero-order valence-electron chi connectivity index (χ0n) is 16.9. The largest absolute Gasteiger partial charge is 0.496 e. The number of likely N-dealkylation sites (N-methyl/N-ethyl adjacent to an activating group) is 1. The van der Waals surface area contributed by atoms with E-state index in [4.69, 9.17) is 4.74 Å². The highest BCUT2D eigenvalue weighted by molar-refractivity contribution is 5.95. The number of nitrogens with one attached hydrogen (secondary N) is 3. The summed E-state index contributed by atoms with van der Waals surface area (Å²) in [5, 5.41) is 17.5. The molecular weight excluding hydrogens is 372 g/mol. The van der Waals surface area contributed by atoms with E-state index in [1.807, 2.05) is 38.4 Å². The van der Waals surface area contributed by atoms with Crippen molar-refractivity contribution in [1.82, 2.24) is 5.32 Å². The first kappa shape index (κ1) is 20.6. The van der Waals surface area contributed by atoms with Crippen LogP contribution in [0, 0.1) is 10.1 Å². The summed E-state index contributed by atoms with van der Waals surface area (Å²) in [6.45, 7) is 0.372. The van der Waals surface area contributed by atoms with Crippen LogP contribution < -0.4 is 20.3 Å². The van der Waals surface area contributed by atoms with Crippen LogP contribution >= 0.6 is 0 Å². The molecule has 0 heterocycles. The number of amides is 1. The first-order valence-electron chi connectivity index (χ1n) is 9.66. The van der Waals surface area contributed by atoms with Gasteiger partial charge >= 0.3 is 0 Å². The van der Waals surface area contributed by atoms with Gasteiger partial charge in [0.15, 0.2) is 0 Å². The second-order valence-electron chi connectivity index (χ2n) is 7.49. The summed E-state index contributed by atoms with van der Waals surface area (Å²) < 4.78 is 5.45. The highest BCUT2D eigenvalue weighted by Gasteiger charge is 2.26. The van der Waals surface area contributed by atoms with Gasteiger partial charge in [-0.25, -0.2) is 0 Å². The van der Waals surface area contributed by atoms with Gasteiger partial charge in [0.2, 0.25) is 0 Å². The molecule has 0 aliphatic heterocycles. The third-order valence-corrected chi connectivity index (χ3v) is 5.07. The van der Waals surface area contributed by atoms with E-state index in [0.717, 1.165) is 29.1 Å². The molecule has 1 saturated carbocycles. The number of carbonyl (C=O) groups excluding carboxylic acids is 1. The van der Waals surface area contributed by atoms with Crippen molar-refractivity contribution < 1.29 is 19.4 Å². The Balaban J connectivity index is 1.74. The monoisotopic (exact) mass is 399 g/mol. The molecule has 29 heavy (non-hydrogen) atoms. The number of rotatable bonds is 9. The number of quaternary nitrogens is 1. The molecule has 0 radical (unpaired) electrons. The van der Waals surface area contributed by atoms with Gasteiger partial charge in [-0.3, -0.25) is 14.9 Å². The Bertz CT molecular complexity index is 896. The molecule has 0 unspecified atom stereocenters. The molecule has 0 bridgehead atoms. The average Bonchev–Trinajstić information content (AvgIpc) is 3.52. The van der Waals surface area contributed by atoms with Gasteiger partial charge in [0.25, 0.3) is 11.6 Å². The molecule has 1 aliphatic rings. The van der Waals surface area contributed by atoms with E-state index in [9.17, 15) is 14.9 Å². The number of hydrogen-bond donors (Lipinski definition) is 3. The summed E-state index contributed by atoms with van der Waals surface area (Å²) in [5.74, 6) is 0.423. The lowest BCUT2D eigenvalue weighted by atomic mass is 10.0. The normalized spacial score (nSPS) is 14.3. The van der Waals surface area contributed by atoms with Crippen molar-refractivity contribution in [3.05, 3.63) is 63.7 Å². The van der Waals surface area contributed by atoms with E-state index < -0.39 is 4.92 Å². The van der Waals surface area contributed by atoms with Gasteiger partial charge in [0.05, 0.1) is 38.2 Å². The number of nitro benzene ring substituents is 1. The quantitative estimate of drug-likeness (QED) is 0.441. The van der Waals surface area contributed by atoms with E-state index in [1.54, 1.807) is 19.2 Å². The fourth-order valence-electron chi connectivity index (χ4n) is 3.27. The minimum atomic E-state index is -0.455. The number of anilines is 1. The van der Waals surface area contributed by atoms with E-state index in [0.29, 0.717) is 12.2 Å². The lowest BCUT2D eigenvalue weighted by Crippen LogP contribution is -3.07. The molecule has 0 saturated heterocycles. The maximum atomic E-state index is 12.7. The van der Waals surface area contributed by atoms with Crippen LogP contribution in [-0.2, 0) is 0 Å². The molecule has 8 heteroatoms. The minimum absolute atomic E-state index is 0.0270. The topological polar surface area (TPSA) is 97.9 Å². The third kappa shape index (κ3) is 5.03. The fraction of sp³-hybridized carbons (Fsp3) is 0.381. The summed E-state index contributed by atoms with van der Waals surface area (Å²) in [6.07, 6.45) is 2.02. The Morgan fingerprint density at radius 3 is 2.62 bits per heavy atom. The van der Waals surface area contributed by atoms with Gasteiger partial charge in [-0.1, -0.05) is 12.1 Å².